The van der Waals surface area contributed by atoms with Crippen LogP contribution in [-0.2, 0) is 13.6 Å². The van der Waals surface area contributed by atoms with Crippen LogP contribution in [0.5, 0.6) is 0 Å². The van der Waals surface area contributed by atoms with Crippen LogP contribution in [0.1, 0.15) is 175 Å². The third-order valence-corrected chi connectivity index (χ3v) is 8.86. The van der Waals surface area contributed by atoms with E-state index in [0.29, 0.717) is 12.6 Å². The highest BCUT2D eigenvalue weighted by molar-refractivity contribution is 7.47. The number of unbranched alkanes of at least 4 members (excludes halogenated alkanes) is 19. The topological polar surface area (TPSA) is 79.2 Å². The number of phosphoric ester groups is 1. The van der Waals surface area contributed by atoms with Gasteiger partial charge in [0.1, 0.15) is 0 Å². The molecule has 0 aromatic carbocycles. The van der Waals surface area contributed by atoms with Gasteiger partial charge in [-0.2, -0.15) is 0 Å². The first-order valence-corrected chi connectivity index (χ1v) is 18.8. The van der Waals surface area contributed by atoms with Gasteiger partial charge in [-0.05, 0) is 33.7 Å². The fourth-order valence-electron chi connectivity index (χ4n) is 5.20. The summed E-state index contributed by atoms with van der Waals surface area (Å²) in [6, 6.07) is 0.680. The van der Waals surface area contributed by atoms with Crippen LogP contribution in [0.15, 0.2) is 0 Å². The molecule has 1 atom stereocenters. The molecule has 40 heavy (non-hydrogen) atoms. The number of phosphoric acid groups is 1. The van der Waals surface area contributed by atoms with Gasteiger partial charge in [-0.3, -0.25) is 9.05 Å². The van der Waals surface area contributed by atoms with Crippen LogP contribution < -0.4 is 0 Å². The van der Waals surface area contributed by atoms with Crippen LogP contribution in [0.3, 0.4) is 0 Å². The van der Waals surface area contributed by atoms with Crippen LogP contribution in [0.4, 0.5) is 0 Å². The molecule has 0 heterocycles. The minimum absolute atomic E-state index is 0.188. The Morgan fingerprint density at radius 1 is 0.575 bits per heavy atom. The Hall–Kier alpha value is 0.0300. The number of aliphatic hydroxyl groups is 1. The molecule has 0 spiro atoms. The summed E-state index contributed by atoms with van der Waals surface area (Å²) in [6.45, 7) is 9.35. The molecular formula is C33H72NO5P. The molecule has 2 N–H and O–H groups in total. The number of nitrogens with zero attached hydrogens (tertiary/aromatic N) is 1. The van der Waals surface area contributed by atoms with E-state index < -0.39 is 7.82 Å². The molecule has 0 fully saturated rings. The van der Waals surface area contributed by atoms with E-state index >= 15 is 0 Å². The highest BCUT2D eigenvalue weighted by Crippen LogP contribution is 2.42. The molecule has 0 aromatic heterocycles. The molecular weight excluding hydrogens is 521 g/mol. The van der Waals surface area contributed by atoms with Crippen molar-refractivity contribution in [2.75, 3.05) is 33.4 Å². The molecule has 0 aliphatic carbocycles. The maximum Gasteiger partial charge on any atom is 0.472 e. The molecule has 7 heteroatoms. The Morgan fingerprint density at radius 3 is 1.15 bits per heavy atom. The van der Waals surface area contributed by atoms with Crippen molar-refractivity contribution in [2.45, 2.75) is 181 Å². The lowest BCUT2D eigenvalue weighted by molar-refractivity contribution is 0.161. The van der Waals surface area contributed by atoms with Gasteiger partial charge >= 0.3 is 7.82 Å². The predicted molar refractivity (Wildman–Crippen MR) is 174 cm³/mol. The highest BCUT2D eigenvalue weighted by atomic mass is 31.2. The number of hydrogen-bond acceptors (Lipinski definition) is 5. The highest BCUT2D eigenvalue weighted by Gasteiger charge is 2.17. The molecule has 0 saturated carbocycles. The van der Waals surface area contributed by atoms with Crippen molar-refractivity contribution in [1.82, 2.24) is 4.90 Å². The van der Waals surface area contributed by atoms with E-state index in [2.05, 4.69) is 34.8 Å². The van der Waals surface area contributed by atoms with Gasteiger partial charge in [0.05, 0.1) is 19.8 Å². The smallest absolute Gasteiger partial charge is 0.395 e. The average Bonchev–Trinajstić information content (AvgIpc) is 2.92. The monoisotopic (exact) mass is 594 g/mol. The molecule has 0 rings (SSSR count). The Labute approximate surface area is 251 Å². The van der Waals surface area contributed by atoms with Crippen molar-refractivity contribution in [2.24, 2.45) is 0 Å². The Bertz CT molecular complexity index is 513. The van der Waals surface area contributed by atoms with E-state index in [1.54, 1.807) is 13.8 Å². The van der Waals surface area contributed by atoms with Gasteiger partial charge in [-0.15, -0.1) is 0 Å². The minimum atomic E-state index is -3.69. The largest absolute Gasteiger partial charge is 0.472 e. The molecule has 0 saturated heterocycles. The predicted octanol–water partition coefficient (Wildman–Crippen LogP) is 10.5. The van der Waals surface area contributed by atoms with Crippen molar-refractivity contribution in [1.29, 1.82) is 0 Å². The minimum Gasteiger partial charge on any atom is -0.395 e. The summed E-state index contributed by atoms with van der Waals surface area (Å²) in [5, 5.41) is 9.35. The summed E-state index contributed by atoms with van der Waals surface area (Å²) in [5.41, 5.74) is 0. The quantitative estimate of drug-likeness (QED) is 0.0637. The molecule has 1 unspecified atom stereocenters. The van der Waals surface area contributed by atoms with Crippen molar-refractivity contribution in [3.05, 3.63) is 0 Å². The fraction of sp³-hybridized carbons (Fsp3) is 1.00. The lowest BCUT2D eigenvalue weighted by atomic mass is 9.98. The third-order valence-electron chi connectivity index (χ3n) is 7.69. The van der Waals surface area contributed by atoms with Gasteiger partial charge in [-0.1, -0.05) is 149 Å². The molecule has 0 amide bonds. The van der Waals surface area contributed by atoms with Gasteiger partial charge in [-0.25, -0.2) is 4.57 Å². The first kappa shape index (κ1) is 42.2. The van der Waals surface area contributed by atoms with Crippen LogP contribution in [-0.4, -0.2) is 54.4 Å². The summed E-state index contributed by atoms with van der Waals surface area (Å²) in [5.74, 6) is 0. The second kappa shape index (κ2) is 33.5. The maximum absolute atomic E-state index is 10.5. The normalized spacial score (nSPS) is 12.5. The van der Waals surface area contributed by atoms with E-state index in [1.165, 1.54) is 148 Å². The van der Waals surface area contributed by atoms with Crippen LogP contribution in [0.25, 0.3) is 0 Å². The summed E-state index contributed by atoms with van der Waals surface area (Å²) in [6.07, 6.45) is 32.4. The van der Waals surface area contributed by atoms with Crippen LogP contribution in [0.2, 0.25) is 0 Å². The first-order valence-electron chi connectivity index (χ1n) is 17.3. The molecule has 6 nitrogen and oxygen atoms in total. The van der Waals surface area contributed by atoms with E-state index in [1.807, 2.05) is 0 Å². The zero-order valence-corrected chi connectivity index (χ0v) is 28.6. The second-order valence-corrected chi connectivity index (χ2v) is 12.9. The SMILES string of the molecule is CCCCCCCCCCCCCC(CCCCCCCCCCCC)N(C)CCO.CCOP(=O)(O)OCC. The number of rotatable bonds is 30. The van der Waals surface area contributed by atoms with Crippen molar-refractivity contribution >= 4 is 7.82 Å². The van der Waals surface area contributed by atoms with Gasteiger partial charge in [0.15, 0.2) is 0 Å². The Kier molecular flexibility index (Phi) is 35.3. The second-order valence-electron chi connectivity index (χ2n) is 11.5. The zero-order chi connectivity index (χ0) is 30.2. The average molecular weight is 594 g/mol. The summed E-state index contributed by atoms with van der Waals surface area (Å²) < 4.78 is 19.2. The van der Waals surface area contributed by atoms with Gasteiger partial charge in [0.2, 0.25) is 0 Å². The van der Waals surface area contributed by atoms with Gasteiger partial charge in [0, 0.05) is 12.6 Å². The standard InChI is InChI=1S/C29H61NO.C4H11O4P/c1-4-6-8-10-12-14-16-18-20-22-24-26-29(30(3)27-28-31)25-23-21-19-17-15-13-11-9-7-5-2;1-3-7-9(5,6)8-4-2/h29,31H,4-28H2,1-3H3;3-4H2,1-2H3,(H,5,6). The van der Waals surface area contributed by atoms with E-state index in [-0.39, 0.29) is 13.2 Å². The summed E-state index contributed by atoms with van der Waals surface area (Å²) in [4.78, 5) is 11.0. The van der Waals surface area contributed by atoms with Crippen molar-refractivity contribution < 1.29 is 23.6 Å². The number of likely N-dealkylation sites (N-methyl/N-ethyl adjacent to an activating group) is 1. The Balaban J connectivity index is 0. The fourth-order valence-corrected chi connectivity index (χ4v) is 5.93. The van der Waals surface area contributed by atoms with Gasteiger partial charge in [0.25, 0.3) is 0 Å². The maximum atomic E-state index is 10.5. The number of hydrogen-bond donors (Lipinski definition) is 2. The van der Waals surface area contributed by atoms with Gasteiger partial charge < -0.3 is 14.9 Å². The summed E-state index contributed by atoms with van der Waals surface area (Å²) >= 11 is 0. The molecule has 0 aliphatic rings. The van der Waals surface area contributed by atoms with Crippen molar-refractivity contribution in [3.63, 3.8) is 0 Å². The van der Waals surface area contributed by atoms with Crippen LogP contribution >= 0.6 is 7.82 Å². The van der Waals surface area contributed by atoms with E-state index in [9.17, 15) is 9.67 Å². The lowest BCUT2D eigenvalue weighted by Crippen LogP contribution is -2.34. The zero-order valence-electron chi connectivity index (χ0n) is 27.7. The number of aliphatic hydroxyl groups excluding tert-OH is 1. The Morgan fingerprint density at radius 2 is 0.875 bits per heavy atom. The molecule has 0 aliphatic heterocycles. The molecule has 244 valence electrons. The molecule has 0 aromatic rings. The molecule has 0 bridgehead atoms. The van der Waals surface area contributed by atoms with Crippen LogP contribution in [0, 0.1) is 0 Å². The first-order chi connectivity index (χ1) is 19.4. The van der Waals surface area contributed by atoms with E-state index in [0.717, 1.165) is 6.54 Å². The van der Waals surface area contributed by atoms with E-state index in [4.69, 9.17) is 4.89 Å². The summed E-state index contributed by atoms with van der Waals surface area (Å²) in [7, 11) is -1.47. The third kappa shape index (κ3) is 32.5. The molecule has 0 radical (unpaired) electrons. The lowest BCUT2D eigenvalue weighted by Gasteiger charge is -2.27. The van der Waals surface area contributed by atoms with Crippen molar-refractivity contribution in [3.8, 4) is 0 Å².